The summed E-state index contributed by atoms with van der Waals surface area (Å²) in [6, 6.07) is 7.71. The van der Waals surface area contributed by atoms with E-state index in [0.29, 0.717) is 13.1 Å². The van der Waals surface area contributed by atoms with E-state index in [1.807, 2.05) is 35.1 Å². The van der Waals surface area contributed by atoms with E-state index in [4.69, 9.17) is 0 Å². The summed E-state index contributed by atoms with van der Waals surface area (Å²) in [7, 11) is 0. The van der Waals surface area contributed by atoms with Gasteiger partial charge in [-0.05, 0) is 37.5 Å². The van der Waals surface area contributed by atoms with Gasteiger partial charge in [0.1, 0.15) is 5.69 Å². The van der Waals surface area contributed by atoms with Crippen molar-refractivity contribution in [2.45, 2.75) is 25.8 Å². The van der Waals surface area contributed by atoms with E-state index in [0.717, 1.165) is 30.7 Å². The molecule has 3 rings (SSSR count). The van der Waals surface area contributed by atoms with Crippen LogP contribution in [0.1, 0.15) is 19.3 Å². The average molecular weight is 296 g/mol. The fraction of sp³-hybridized carbons (Fsp3) is 0.353. The van der Waals surface area contributed by atoms with Gasteiger partial charge in [0, 0.05) is 24.9 Å². The van der Waals surface area contributed by atoms with Crippen LogP contribution in [0.3, 0.4) is 0 Å². The van der Waals surface area contributed by atoms with Gasteiger partial charge in [-0.2, -0.15) is 5.10 Å². The van der Waals surface area contributed by atoms with Crippen LogP contribution in [-0.2, 0) is 11.3 Å². The van der Waals surface area contributed by atoms with Crippen LogP contribution in [0.5, 0.6) is 0 Å². The van der Waals surface area contributed by atoms with Crippen LogP contribution < -0.4 is 5.32 Å². The third kappa shape index (κ3) is 3.61. The molecule has 0 spiro atoms. The molecule has 2 aromatic heterocycles. The highest BCUT2D eigenvalue weighted by molar-refractivity contribution is 5.78. The Hall–Kier alpha value is -2.43. The molecule has 0 radical (unpaired) electrons. The van der Waals surface area contributed by atoms with Gasteiger partial charge in [-0.15, -0.1) is 0 Å². The monoisotopic (exact) mass is 296 g/mol. The molecular formula is C17H20N4O. The number of carbonyl (C=O) groups excluding carboxylic acids is 1. The molecule has 1 amide bonds. The minimum atomic E-state index is 0.131. The van der Waals surface area contributed by atoms with Crippen molar-refractivity contribution < 1.29 is 4.79 Å². The van der Waals surface area contributed by atoms with Crippen molar-refractivity contribution in [1.82, 2.24) is 20.1 Å². The lowest BCUT2D eigenvalue weighted by Gasteiger charge is -2.17. The van der Waals surface area contributed by atoms with E-state index in [1.54, 1.807) is 6.20 Å². The number of rotatable bonds is 5. The van der Waals surface area contributed by atoms with E-state index in [-0.39, 0.29) is 11.8 Å². The molecule has 0 saturated carbocycles. The average Bonchev–Trinajstić information content (AvgIpc) is 3.05. The highest BCUT2D eigenvalue weighted by Gasteiger charge is 2.17. The van der Waals surface area contributed by atoms with Crippen molar-refractivity contribution in [2.75, 3.05) is 6.54 Å². The zero-order chi connectivity index (χ0) is 15.2. The molecule has 5 nitrogen and oxygen atoms in total. The van der Waals surface area contributed by atoms with Crippen molar-refractivity contribution >= 4 is 5.91 Å². The molecule has 1 aliphatic rings. The number of nitrogens with zero attached hydrogens (tertiary/aromatic N) is 3. The first kappa shape index (κ1) is 14.5. The van der Waals surface area contributed by atoms with Crippen molar-refractivity contribution in [3.05, 3.63) is 48.8 Å². The second kappa shape index (κ2) is 7.02. The second-order valence-corrected chi connectivity index (χ2v) is 5.45. The number of amides is 1. The van der Waals surface area contributed by atoms with Crippen LogP contribution in [-0.4, -0.2) is 27.2 Å². The quantitative estimate of drug-likeness (QED) is 0.862. The highest BCUT2D eigenvalue weighted by Crippen LogP contribution is 2.18. The van der Waals surface area contributed by atoms with Crippen LogP contribution >= 0.6 is 0 Å². The molecule has 1 N–H and O–H groups in total. The molecule has 2 aromatic rings. The third-order valence-corrected chi connectivity index (χ3v) is 3.85. The Balaban J connectivity index is 1.49. The van der Waals surface area contributed by atoms with Crippen LogP contribution in [0.25, 0.3) is 11.4 Å². The van der Waals surface area contributed by atoms with Crippen LogP contribution in [0.15, 0.2) is 48.8 Å². The number of aromatic nitrogens is 3. The summed E-state index contributed by atoms with van der Waals surface area (Å²) < 4.78 is 1.84. The molecule has 0 bridgehead atoms. The Kier molecular flexibility index (Phi) is 4.63. The molecule has 2 heterocycles. The first-order valence-corrected chi connectivity index (χ1v) is 7.70. The van der Waals surface area contributed by atoms with Crippen LogP contribution in [0, 0.1) is 5.92 Å². The fourth-order valence-electron chi connectivity index (χ4n) is 2.61. The maximum atomic E-state index is 12.0. The Labute approximate surface area is 130 Å². The maximum absolute atomic E-state index is 12.0. The van der Waals surface area contributed by atoms with Crippen molar-refractivity contribution in [3.8, 4) is 11.4 Å². The topological polar surface area (TPSA) is 59.8 Å². The summed E-state index contributed by atoms with van der Waals surface area (Å²) in [5.74, 6) is 0.285. The minimum absolute atomic E-state index is 0.131. The third-order valence-electron chi connectivity index (χ3n) is 3.85. The molecule has 0 aliphatic heterocycles. The Bertz CT molecular complexity index is 648. The predicted octanol–water partition coefficient (Wildman–Crippen LogP) is 2.42. The van der Waals surface area contributed by atoms with Crippen molar-refractivity contribution in [2.24, 2.45) is 5.92 Å². The second-order valence-electron chi connectivity index (χ2n) is 5.45. The van der Waals surface area contributed by atoms with Gasteiger partial charge >= 0.3 is 0 Å². The fourth-order valence-corrected chi connectivity index (χ4v) is 2.61. The number of hydrogen-bond acceptors (Lipinski definition) is 3. The van der Waals surface area contributed by atoms with Crippen molar-refractivity contribution in [1.29, 1.82) is 0 Å². The summed E-state index contributed by atoms with van der Waals surface area (Å²) >= 11 is 0. The summed E-state index contributed by atoms with van der Waals surface area (Å²) in [6.45, 7) is 1.27. The van der Waals surface area contributed by atoms with Crippen molar-refractivity contribution in [3.63, 3.8) is 0 Å². The lowest BCUT2D eigenvalue weighted by molar-refractivity contribution is -0.125. The van der Waals surface area contributed by atoms with Gasteiger partial charge in [0.2, 0.25) is 5.91 Å². The van der Waals surface area contributed by atoms with E-state index in [1.165, 1.54) is 0 Å². The van der Waals surface area contributed by atoms with E-state index >= 15 is 0 Å². The molecule has 0 saturated heterocycles. The van der Waals surface area contributed by atoms with Gasteiger partial charge in [0.15, 0.2) is 0 Å². The summed E-state index contributed by atoms with van der Waals surface area (Å²) in [6.07, 6.45) is 10.7. The van der Waals surface area contributed by atoms with E-state index < -0.39 is 0 Å². The Morgan fingerprint density at radius 3 is 3.00 bits per heavy atom. The Morgan fingerprint density at radius 1 is 1.27 bits per heavy atom. The van der Waals surface area contributed by atoms with E-state index in [9.17, 15) is 4.79 Å². The lowest BCUT2D eigenvalue weighted by atomic mass is 9.94. The lowest BCUT2D eigenvalue weighted by Crippen LogP contribution is -2.33. The van der Waals surface area contributed by atoms with Gasteiger partial charge in [0.05, 0.1) is 12.2 Å². The number of nitrogens with one attached hydrogen (secondary N) is 1. The molecule has 114 valence electrons. The molecule has 0 fully saturated rings. The number of pyridine rings is 1. The maximum Gasteiger partial charge on any atom is 0.223 e. The normalized spacial score (nSPS) is 17.4. The molecule has 0 unspecified atom stereocenters. The van der Waals surface area contributed by atoms with Gasteiger partial charge < -0.3 is 5.32 Å². The van der Waals surface area contributed by atoms with Gasteiger partial charge in [-0.1, -0.05) is 18.2 Å². The van der Waals surface area contributed by atoms with Gasteiger partial charge in [-0.25, -0.2) is 0 Å². The summed E-state index contributed by atoms with van der Waals surface area (Å²) in [5, 5.41) is 7.48. The molecule has 1 atom stereocenters. The SMILES string of the molecule is O=C(NCCn1ccc(-c2ccccn2)n1)[C@@H]1CC=CCC1. The first-order chi connectivity index (χ1) is 10.8. The standard InChI is InChI=1S/C17H20N4O/c22-17(14-6-2-1-3-7-14)19-11-13-21-12-9-16(20-21)15-8-4-5-10-18-15/h1-2,4-5,8-10,12,14H,3,6-7,11,13H2,(H,19,22)/t14-/m1/s1. The van der Waals surface area contributed by atoms with E-state index in [2.05, 4.69) is 27.6 Å². The predicted molar refractivity (Wildman–Crippen MR) is 84.9 cm³/mol. The van der Waals surface area contributed by atoms with Gasteiger partial charge in [0.25, 0.3) is 0 Å². The molecule has 5 heteroatoms. The molecule has 22 heavy (non-hydrogen) atoms. The summed E-state index contributed by atoms with van der Waals surface area (Å²) in [5.41, 5.74) is 1.71. The largest absolute Gasteiger partial charge is 0.354 e. The first-order valence-electron chi connectivity index (χ1n) is 7.70. The van der Waals surface area contributed by atoms with Gasteiger partial charge in [-0.3, -0.25) is 14.5 Å². The van der Waals surface area contributed by atoms with Crippen LogP contribution in [0.4, 0.5) is 0 Å². The zero-order valence-electron chi connectivity index (χ0n) is 12.5. The zero-order valence-corrected chi connectivity index (χ0v) is 12.5. The number of allylic oxidation sites excluding steroid dienone is 2. The molecular weight excluding hydrogens is 276 g/mol. The molecule has 0 aromatic carbocycles. The number of hydrogen-bond donors (Lipinski definition) is 1. The van der Waals surface area contributed by atoms with Crippen LogP contribution in [0.2, 0.25) is 0 Å². The minimum Gasteiger partial charge on any atom is -0.354 e. The number of carbonyl (C=O) groups is 1. The highest BCUT2D eigenvalue weighted by atomic mass is 16.1. The molecule has 1 aliphatic carbocycles. The smallest absolute Gasteiger partial charge is 0.223 e. The Morgan fingerprint density at radius 2 is 2.23 bits per heavy atom. The summed E-state index contributed by atoms with van der Waals surface area (Å²) in [4.78, 5) is 16.3.